The normalized spacial score (nSPS) is 11.3. The molecular weight excluding hydrogens is 248 g/mol. The van der Waals surface area contributed by atoms with Crippen molar-refractivity contribution in [2.75, 3.05) is 6.54 Å². The van der Waals surface area contributed by atoms with Crippen LogP contribution in [0.4, 0.5) is 5.69 Å². The second-order valence-corrected chi connectivity index (χ2v) is 5.04. The van der Waals surface area contributed by atoms with Gasteiger partial charge in [-0.25, -0.2) is 0 Å². The maximum absolute atomic E-state index is 10.9. The van der Waals surface area contributed by atoms with Gasteiger partial charge in [-0.2, -0.15) is 0 Å². The number of rotatable bonds is 7. The highest BCUT2D eigenvalue weighted by Crippen LogP contribution is 2.19. The molecule has 19 heavy (non-hydrogen) atoms. The standard InChI is InChI=1S/C13H18N2O4/c1-13(2,12(16)17)6-7-14-9-10-4-3-5-11(8-10)15(18)19/h3-5,8,14H,6-7,9H2,1-2H3,(H,16,17). The van der Waals surface area contributed by atoms with Crippen LogP contribution in [-0.4, -0.2) is 22.5 Å². The fourth-order valence-corrected chi connectivity index (χ4v) is 1.52. The van der Waals surface area contributed by atoms with Crippen molar-refractivity contribution in [3.8, 4) is 0 Å². The Morgan fingerprint density at radius 2 is 2.16 bits per heavy atom. The Kier molecular flexibility index (Phi) is 5.00. The lowest BCUT2D eigenvalue weighted by Crippen LogP contribution is -2.28. The fourth-order valence-electron chi connectivity index (χ4n) is 1.52. The van der Waals surface area contributed by atoms with Gasteiger partial charge in [0, 0.05) is 18.7 Å². The summed E-state index contributed by atoms with van der Waals surface area (Å²) in [5, 5.41) is 22.7. The first kappa shape index (κ1) is 15.1. The molecule has 0 atom stereocenters. The molecule has 2 N–H and O–H groups in total. The Bertz CT molecular complexity index is 471. The van der Waals surface area contributed by atoms with E-state index < -0.39 is 16.3 Å². The monoisotopic (exact) mass is 266 g/mol. The quantitative estimate of drug-likeness (QED) is 0.448. The summed E-state index contributed by atoms with van der Waals surface area (Å²) in [6, 6.07) is 6.38. The van der Waals surface area contributed by atoms with Gasteiger partial charge in [0.1, 0.15) is 0 Å². The number of carbonyl (C=O) groups is 1. The van der Waals surface area contributed by atoms with Crippen molar-refractivity contribution in [3.05, 3.63) is 39.9 Å². The van der Waals surface area contributed by atoms with Gasteiger partial charge in [-0.1, -0.05) is 12.1 Å². The number of carboxylic acid groups (broad SMARTS) is 1. The van der Waals surface area contributed by atoms with E-state index >= 15 is 0 Å². The SMILES string of the molecule is CC(C)(CCNCc1cccc([N+](=O)[O-])c1)C(=O)O. The summed E-state index contributed by atoms with van der Waals surface area (Å²) < 4.78 is 0. The van der Waals surface area contributed by atoms with E-state index in [2.05, 4.69) is 5.32 Å². The minimum Gasteiger partial charge on any atom is -0.481 e. The van der Waals surface area contributed by atoms with Crippen molar-refractivity contribution in [1.29, 1.82) is 0 Å². The predicted octanol–water partition coefficient (Wildman–Crippen LogP) is 2.19. The van der Waals surface area contributed by atoms with Crippen LogP contribution in [-0.2, 0) is 11.3 Å². The lowest BCUT2D eigenvalue weighted by Gasteiger charge is -2.18. The molecule has 6 nitrogen and oxygen atoms in total. The topological polar surface area (TPSA) is 92.5 Å². The fraction of sp³-hybridized carbons (Fsp3) is 0.462. The average molecular weight is 266 g/mol. The van der Waals surface area contributed by atoms with Crippen molar-refractivity contribution < 1.29 is 14.8 Å². The Labute approximate surface area is 111 Å². The van der Waals surface area contributed by atoms with Crippen LogP contribution in [0.5, 0.6) is 0 Å². The van der Waals surface area contributed by atoms with E-state index in [0.29, 0.717) is 19.5 Å². The molecule has 104 valence electrons. The van der Waals surface area contributed by atoms with E-state index in [0.717, 1.165) is 5.56 Å². The van der Waals surface area contributed by atoms with Crippen LogP contribution < -0.4 is 5.32 Å². The molecule has 0 aromatic heterocycles. The minimum absolute atomic E-state index is 0.0603. The number of non-ortho nitro benzene ring substituents is 1. The van der Waals surface area contributed by atoms with Crippen LogP contribution in [0.1, 0.15) is 25.8 Å². The maximum atomic E-state index is 10.9. The molecule has 0 radical (unpaired) electrons. The second-order valence-electron chi connectivity index (χ2n) is 5.04. The number of nitro benzene ring substituents is 1. The molecule has 0 spiro atoms. The Morgan fingerprint density at radius 3 is 2.74 bits per heavy atom. The highest BCUT2D eigenvalue weighted by molar-refractivity contribution is 5.73. The summed E-state index contributed by atoms with van der Waals surface area (Å²) in [6.45, 7) is 4.37. The molecule has 1 aromatic carbocycles. The summed E-state index contributed by atoms with van der Waals surface area (Å²) in [7, 11) is 0. The van der Waals surface area contributed by atoms with Gasteiger partial charge in [0.25, 0.3) is 5.69 Å². The van der Waals surface area contributed by atoms with Gasteiger partial charge in [0.2, 0.25) is 0 Å². The van der Waals surface area contributed by atoms with Crippen LogP contribution in [0.3, 0.4) is 0 Å². The van der Waals surface area contributed by atoms with Crippen LogP contribution in [0.25, 0.3) is 0 Å². The van der Waals surface area contributed by atoms with E-state index in [9.17, 15) is 14.9 Å². The van der Waals surface area contributed by atoms with Gasteiger partial charge in [0.05, 0.1) is 10.3 Å². The molecule has 0 bridgehead atoms. The van der Waals surface area contributed by atoms with E-state index in [1.165, 1.54) is 12.1 Å². The number of aliphatic carboxylic acids is 1. The average Bonchev–Trinajstić information content (AvgIpc) is 2.35. The van der Waals surface area contributed by atoms with Crippen molar-refractivity contribution in [1.82, 2.24) is 5.32 Å². The molecule has 6 heteroatoms. The molecule has 0 unspecified atom stereocenters. The van der Waals surface area contributed by atoms with Gasteiger partial charge < -0.3 is 10.4 Å². The van der Waals surface area contributed by atoms with Crippen LogP contribution in [0.2, 0.25) is 0 Å². The van der Waals surface area contributed by atoms with Gasteiger partial charge in [-0.05, 0) is 32.4 Å². The largest absolute Gasteiger partial charge is 0.481 e. The zero-order valence-electron chi connectivity index (χ0n) is 11.0. The zero-order chi connectivity index (χ0) is 14.5. The minimum atomic E-state index is -0.829. The van der Waals surface area contributed by atoms with Crippen molar-refractivity contribution in [2.24, 2.45) is 5.41 Å². The van der Waals surface area contributed by atoms with Crippen LogP contribution >= 0.6 is 0 Å². The van der Waals surface area contributed by atoms with Crippen LogP contribution in [0, 0.1) is 15.5 Å². The lowest BCUT2D eigenvalue weighted by molar-refractivity contribution is -0.384. The summed E-state index contributed by atoms with van der Waals surface area (Å²) in [4.78, 5) is 21.1. The molecular formula is C13H18N2O4. The smallest absolute Gasteiger partial charge is 0.309 e. The Hall–Kier alpha value is -1.95. The van der Waals surface area contributed by atoms with Gasteiger partial charge in [-0.3, -0.25) is 14.9 Å². The van der Waals surface area contributed by atoms with E-state index in [-0.39, 0.29) is 5.69 Å². The predicted molar refractivity (Wildman–Crippen MR) is 70.8 cm³/mol. The third-order valence-electron chi connectivity index (χ3n) is 2.96. The number of benzene rings is 1. The maximum Gasteiger partial charge on any atom is 0.309 e. The molecule has 0 saturated heterocycles. The van der Waals surface area contributed by atoms with E-state index in [1.807, 2.05) is 0 Å². The van der Waals surface area contributed by atoms with Gasteiger partial charge in [-0.15, -0.1) is 0 Å². The highest BCUT2D eigenvalue weighted by atomic mass is 16.6. The summed E-state index contributed by atoms with van der Waals surface area (Å²) >= 11 is 0. The second kappa shape index (κ2) is 6.29. The Balaban J connectivity index is 2.44. The Morgan fingerprint density at radius 1 is 1.47 bits per heavy atom. The zero-order valence-corrected chi connectivity index (χ0v) is 11.0. The van der Waals surface area contributed by atoms with E-state index in [1.54, 1.807) is 26.0 Å². The number of nitrogens with zero attached hydrogens (tertiary/aromatic N) is 1. The summed E-state index contributed by atoms with van der Waals surface area (Å²) in [5.41, 5.74) is 0.0999. The molecule has 0 saturated carbocycles. The third kappa shape index (κ3) is 4.67. The summed E-state index contributed by atoms with van der Waals surface area (Å²) in [5.74, 6) is -0.829. The molecule has 0 amide bonds. The van der Waals surface area contributed by atoms with Crippen molar-refractivity contribution >= 4 is 11.7 Å². The van der Waals surface area contributed by atoms with Crippen molar-refractivity contribution in [3.63, 3.8) is 0 Å². The van der Waals surface area contributed by atoms with Gasteiger partial charge in [0.15, 0.2) is 0 Å². The molecule has 0 aliphatic rings. The third-order valence-corrected chi connectivity index (χ3v) is 2.96. The molecule has 0 fully saturated rings. The first-order valence-electron chi connectivity index (χ1n) is 6.00. The van der Waals surface area contributed by atoms with Gasteiger partial charge >= 0.3 is 5.97 Å². The number of nitro groups is 1. The molecule has 0 aliphatic carbocycles. The summed E-state index contributed by atoms with van der Waals surface area (Å²) in [6.07, 6.45) is 0.497. The number of carboxylic acids is 1. The molecule has 1 aromatic rings. The molecule has 0 aliphatic heterocycles. The molecule has 1 rings (SSSR count). The van der Waals surface area contributed by atoms with Crippen LogP contribution in [0.15, 0.2) is 24.3 Å². The number of hydrogen-bond donors (Lipinski definition) is 2. The number of hydrogen-bond acceptors (Lipinski definition) is 4. The van der Waals surface area contributed by atoms with Crippen molar-refractivity contribution in [2.45, 2.75) is 26.8 Å². The first-order chi connectivity index (χ1) is 8.83. The lowest BCUT2D eigenvalue weighted by atomic mass is 9.90. The highest BCUT2D eigenvalue weighted by Gasteiger charge is 2.26. The number of nitrogens with one attached hydrogen (secondary N) is 1. The molecule has 0 heterocycles. The van der Waals surface area contributed by atoms with E-state index in [4.69, 9.17) is 5.11 Å². The first-order valence-corrected chi connectivity index (χ1v) is 6.00.